The van der Waals surface area contributed by atoms with Crippen molar-refractivity contribution in [2.75, 3.05) is 40.4 Å². The smallest absolute Gasteiger partial charge is 0.191 e. The predicted octanol–water partition coefficient (Wildman–Crippen LogP) is 3.38. The van der Waals surface area contributed by atoms with E-state index in [1.807, 2.05) is 0 Å². The van der Waals surface area contributed by atoms with E-state index in [4.69, 9.17) is 4.74 Å². The second-order valence-corrected chi connectivity index (χ2v) is 6.71. The summed E-state index contributed by atoms with van der Waals surface area (Å²) in [6.07, 6.45) is 6.43. The molecule has 1 saturated heterocycles. The van der Waals surface area contributed by atoms with Crippen LogP contribution in [-0.4, -0.2) is 51.3 Å². The summed E-state index contributed by atoms with van der Waals surface area (Å²) in [4.78, 5) is 6.87. The summed E-state index contributed by atoms with van der Waals surface area (Å²) in [7, 11) is 3.53. The first kappa shape index (κ1) is 23.2. The van der Waals surface area contributed by atoms with Gasteiger partial charge in [0.1, 0.15) is 0 Å². The fourth-order valence-electron chi connectivity index (χ4n) is 3.22. The van der Waals surface area contributed by atoms with Crippen LogP contribution in [0.1, 0.15) is 43.2 Å². The Hall–Kier alpha value is -0.860. The van der Waals surface area contributed by atoms with Crippen LogP contribution in [0.2, 0.25) is 0 Å². The van der Waals surface area contributed by atoms with Crippen molar-refractivity contribution >= 4 is 29.9 Å². The molecule has 1 aromatic rings. The van der Waals surface area contributed by atoms with Crippen molar-refractivity contribution in [3.8, 4) is 0 Å². The normalized spacial score (nSPS) is 15.8. The molecule has 0 spiro atoms. The van der Waals surface area contributed by atoms with E-state index in [0.29, 0.717) is 0 Å². The summed E-state index contributed by atoms with van der Waals surface area (Å²) < 4.78 is 5.07. The third-order valence-electron chi connectivity index (χ3n) is 4.60. The number of nitrogens with one attached hydrogen (secondary N) is 2. The number of methoxy groups -OCH3 is 1. The van der Waals surface area contributed by atoms with Gasteiger partial charge >= 0.3 is 0 Å². The van der Waals surface area contributed by atoms with E-state index < -0.39 is 0 Å². The zero-order valence-corrected chi connectivity index (χ0v) is 18.6. The number of nitrogens with zero attached hydrogens (tertiary/aromatic N) is 2. The number of hydrogen-bond donors (Lipinski definition) is 2. The second-order valence-electron chi connectivity index (χ2n) is 6.71. The Morgan fingerprint density at radius 3 is 2.54 bits per heavy atom. The molecule has 1 fully saturated rings. The fraction of sp³-hybridized carbons (Fsp3) is 0.650. The minimum Gasteiger partial charge on any atom is -0.385 e. The molecule has 148 valence electrons. The van der Waals surface area contributed by atoms with Crippen molar-refractivity contribution in [3.05, 3.63) is 35.4 Å². The van der Waals surface area contributed by atoms with Crippen molar-refractivity contribution in [3.63, 3.8) is 0 Å². The van der Waals surface area contributed by atoms with E-state index in [2.05, 4.69) is 44.8 Å². The lowest BCUT2D eigenvalue weighted by molar-refractivity contribution is 0.195. The first-order valence-electron chi connectivity index (χ1n) is 9.55. The Morgan fingerprint density at radius 2 is 1.85 bits per heavy atom. The molecule has 0 unspecified atom stereocenters. The minimum absolute atomic E-state index is 0. The molecule has 1 aliphatic rings. The number of benzene rings is 1. The van der Waals surface area contributed by atoms with E-state index >= 15 is 0 Å². The van der Waals surface area contributed by atoms with Crippen molar-refractivity contribution in [1.82, 2.24) is 15.5 Å². The van der Waals surface area contributed by atoms with E-state index in [-0.39, 0.29) is 24.0 Å². The molecule has 0 saturated carbocycles. The SMILES string of the molecule is CN=C(NCCCOC)NCc1cccc(CN2CCCCCC2)c1.I. The molecule has 26 heavy (non-hydrogen) atoms. The van der Waals surface area contributed by atoms with Gasteiger partial charge in [-0.3, -0.25) is 9.89 Å². The number of likely N-dealkylation sites (tertiary alicyclic amines) is 1. The number of halogens is 1. The van der Waals surface area contributed by atoms with Gasteiger partial charge in [-0.1, -0.05) is 37.1 Å². The molecule has 2 rings (SSSR count). The molecule has 0 aromatic heterocycles. The van der Waals surface area contributed by atoms with Crippen LogP contribution in [0, 0.1) is 0 Å². The van der Waals surface area contributed by atoms with Gasteiger partial charge in [-0.15, -0.1) is 24.0 Å². The van der Waals surface area contributed by atoms with Crippen molar-refractivity contribution in [2.45, 2.75) is 45.2 Å². The van der Waals surface area contributed by atoms with E-state index in [1.54, 1.807) is 14.2 Å². The van der Waals surface area contributed by atoms with Crippen molar-refractivity contribution < 1.29 is 4.74 Å². The van der Waals surface area contributed by atoms with E-state index in [1.165, 1.54) is 49.9 Å². The Balaban J connectivity index is 0.00000338. The third-order valence-corrected chi connectivity index (χ3v) is 4.60. The monoisotopic (exact) mass is 474 g/mol. The van der Waals surface area contributed by atoms with Gasteiger partial charge in [-0.05, 0) is 43.5 Å². The quantitative estimate of drug-likeness (QED) is 0.263. The summed E-state index contributed by atoms with van der Waals surface area (Å²) in [5.41, 5.74) is 2.71. The number of guanidine groups is 1. The molecule has 0 amide bonds. The molecule has 6 heteroatoms. The standard InChI is InChI=1S/C20H34N4O.HI/c1-21-20(22-11-8-14-25-2)23-16-18-9-7-10-19(15-18)17-24-12-5-3-4-6-13-24;/h7,9-10,15H,3-6,8,11-14,16-17H2,1-2H3,(H2,21,22,23);1H. The van der Waals surface area contributed by atoms with Crippen LogP contribution in [-0.2, 0) is 17.8 Å². The van der Waals surface area contributed by atoms with E-state index in [0.717, 1.165) is 38.6 Å². The van der Waals surface area contributed by atoms with Crippen LogP contribution in [0.15, 0.2) is 29.3 Å². The predicted molar refractivity (Wildman–Crippen MR) is 120 cm³/mol. The Bertz CT molecular complexity index is 516. The molecule has 5 nitrogen and oxygen atoms in total. The fourth-order valence-corrected chi connectivity index (χ4v) is 3.22. The maximum Gasteiger partial charge on any atom is 0.191 e. The molecule has 1 aromatic carbocycles. The van der Waals surface area contributed by atoms with Crippen molar-refractivity contribution in [2.24, 2.45) is 4.99 Å². The highest BCUT2D eigenvalue weighted by Gasteiger charge is 2.09. The molecular weight excluding hydrogens is 439 g/mol. The minimum atomic E-state index is 0. The molecule has 2 N–H and O–H groups in total. The van der Waals surface area contributed by atoms with Crippen LogP contribution in [0.4, 0.5) is 0 Å². The molecule has 0 radical (unpaired) electrons. The maximum atomic E-state index is 5.07. The highest BCUT2D eigenvalue weighted by atomic mass is 127. The third kappa shape index (κ3) is 9.19. The van der Waals surface area contributed by atoms with Crippen molar-refractivity contribution in [1.29, 1.82) is 0 Å². The maximum absolute atomic E-state index is 5.07. The number of hydrogen-bond acceptors (Lipinski definition) is 3. The van der Waals surface area contributed by atoms with Gasteiger partial charge in [0.2, 0.25) is 0 Å². The van der Waals surface area contributed by atoms with Crippen LogP contribution < -0.4 is 10.6 Å². The summed E-state index contributed by atoms with van der Waals surface area (Å²) in [5.74, 6) is 0.842. The second kappa shape index (κ2) is 14.2. The number of ether oxygens (including phenoxy) is 1. The Labute approximate surface area is 176 Å². The Kier molecular flexibility index (Phi) is 12.7. The van der Waals surface area contributed by atoms with E-state index in [9.17, 15) is 0 Å². The average molecular weight is 474 g/mol. The van der Waals surface area contributed by atoms with Crippen LogP contribution >= 0.6 is 24.0 Å². The lowest BCUT2D eigenvalue weighted by Crippen LogP contribution is -2.37. The van der Waals surface area contributed by atoms with Crippen LogP contribution in [0.3, 0.4) is 0 Å². The van der Waals surface area contributed by atoms with Gasteiger partial charge in [0.05, 0.1) is 0 Å². The van der Waals surface area contributed by atoms with Gasteiger partial charge in [0, 0.05) is 40.4 Å². The summed E-state index contributed by atoms with van der Waals surface area (Å²) in [5, 5.41) is 6.70. The molecule has 0 atom stereocenters. The molecular formula is C20H35IN4O. The van der Waals surface area contributed by atoms with Gasteiger partial charge in [-0.2, -0.15) is 0 Å². The largest absolute Gasteiger partial charge is 0.385 e. The summed E-state index contributed by atoms with van der Waals surface area (Å²) >= 11 is 0. The highest BCUT2D eigenvalue weighted by molar-refractivity contribution is 14.0. The number of rotatable bonds is 8. The van der Waals surface area contributed by atoms with Gasteiger partial charge in [0.15, 0.2) is 5.96 Å². The van der Waals surface area contributed by atoms with Gasteiger partial charge in [-0.25, -0.2) is 0 Å². The number of aliphatic imine (C=N–C) groups is 1. The average Bonchev–Trinajstić information content (AvgIpc) is 2.90. The van der Waals surface area contributed by atoms with Gasteiger partial charge in [0.25, 0.3) is 0 Å². The highest BCUT2D eigenvalue weighted by Crippen LogP contribution is 2.14. The first-order valence-corrected chi connectivity index (χ1v) is 9.55. The first-order chi connectivity index (χ1) is 12.3. The van der Waals surface area contributed by atoms with Crippen LogP contribution in [0.25, 0.3) is 0 Å². The summed E-state index contributed by atoms with van der Waals surface area (Å²) in [6.45, 7) is 5.96. The topological polar surface area (TPSA) is 48.9 Å². The zero-order chi connectivity index (χ0) is 17.7. The molecule has 1 heterocycles. The van der Waals surface area contributed by atoms with Crippen LogP contribution in [0.5, 0.6) is 0 Å². The van der Waals surface area contributed by atoms with Gasteiger partial charge < -0.3 is 15.4 Å². The summed E-state index contributed by atoms with van der Waals surface area (Å²) in [6, 6.07) is 8.90. The molecule has 1 aliphatic heterocycles. The zero-order valence-electron chi connectivity index (χ0n) is 16.3. The lowest BCUT2D eigenvalue weighted by Gasteiger charge is -2.20. The Morgan fingerprint density at radius 1 is 1.12 bits per heavy atom. The lowest BCUT2D eigenvalue weighted by atomic mass is 10.1. The molecule has 0 aliphatic carbocycles. The molecule has 0 bridgehead atoms.